The van der Waals surface area contributed by atoms with E-state index in [1.165, 1.54) is 109 Å². The van der Waals surface area contributed by atoms with Gasteiger partial charge in [0.1, 0.15) is 13.2 Å². The summed E-state index contributed by atoms with van der Waals surface area (Å²) in [6.45, 7) is 6.46. The molecule has 0 aromatic heterocycles. The van der Waals surface area contributed by atoms with Crippen LogP contribution in [0.4, 0.5) is 0 Å². The van der Waals surface area contributed by atoms with E-state index in [4.69, 9.17) is 14.2 Å². The van der Waals surface area contributed by atoms with Crippen molar-refractivity contribution >= 4 is 17.9 Å². The monoisotopic (exact) mass is 839 g/mol. The van der Waals surface area contributed by atoms with Gasteiger partial charge in [0.15, 0.2) is 6.10 Å². The first-order chi connectivity index (χ1) is 29.5. The summed E-state index contributed by atoms with van der Waals surface area (Å²) in [5.74, 6) is -0.928. The summed E-state index contributed by atoms with van der Waals surface area (Å²) in [5.41, 5.74) is 0. The highest BCUT2D eigenvalue weighted by Crippen LogP contribution is 2.14. The summed E-state index contributed by atoms with van der Waals surface area (Å²) >= 11 is 0. The molecule has 0 bridgehead atoms. The molecule has 6 heteroatoms. The van der Waals surface area contributed by atoms with E-state index in [1.807, 2.05) is 0 Å². The molecule has 6 nitrogen and oxygen atoms in total. The zero-order valence-electron chi connectivity index (χ0n) is 39.5. The average Bonchev–Trinajstić information content (AvgIpc) is 3.24. The molecule has 0 heterocycles. The van der Waals surface area contributed by atoms with Crippen LogP contribution in [0.15, 0.2) is 60.8 Å². The molecule has 0 amide bonds. The first kappa shape index (κ1) is 57.1. The normalized spacial score (nSPS) is 12.5. The molecule has 0 spiro atoms. The van der Waals surface area contributed by atoms with Gasteiger partial charge in [-0.25, -0.2) is 0 Å². The lowest BCUT2D eigenvalue weighted by Gasteiger charge is -2.18. The molecule has 0 fully saturated rings. The Bertz CT molecular complexity index is 1100. The number of unbranched alkanes of at least 4 members (excludes halogenated alkanes) is 26. The van der Waals surface area contributed by atoms with Gasteiger partial charge < -0.3 is 14.2 Å². The zero-order valence-corrected chi connectivity index (χ0v) is 39.5. The molecule has 0 rings (SSSR count). The van der Waals surface area contributed by atoms with Gasteiger partial charge >= 0.3 is 17.9 Å². The van der Waals surface area contributed by atoms with Crippen molar-refractivity contribution in [1.82, 2.24) is 0 Å². The number of esters is 3. The number of carbonyl (C=O) groups is 3. The molecule has 0 aliphatic heterocycles. The molecule has 0 aromatic rings. The third-order valence-electron chi connectivity index (χ3n) is 10.8. The first-order valence-electron chi connectivity index (χ1n) is 25.3. The van der Waals surface area contributed by atoms with Crippen LogP contribution in [0, 0.1) is 0 Å². The number of allylic oxidation sites excluding steroid dienone is 10. The van der Waals surface area contributed by atoms with Gasteiger partial charge in [-0.1, -0.05) is 197 Å². The quantitative estimate of drug-likeness (QED) is 0.0200. The van der Waals surface area contributed by atoms with Gasteiger partial charge in [0.25, 0.3) is 0 Å². The summed E-state index contributed by atoms with van der Waals surface area (Å²) in [6, 6.07) is 0. The lowest BCUT2D eigenvalue weighted by molar-refractivity contribution is -0.167. The molecule has 346 valence electrons. The fourth-order valence-corrected chi connectivity index (χ4v) is 6.96. The van der Waals surface area contributed by atoms with Crippen molar-refractivity contribution in [3.8, 4) is 0 Å². The van der Waals surface area contributed by atoms with Crippen molar-refractivity contribution in [2.45, 2.75) is 252 Å². The van der Waals surface area contributed by atoms with Gasteiger partial charge in [-0.2, -0.15) is 0 Å². The molecule has 0 aromatic carbocycles. The maximum Gasteiger partial charge on any atom is 0.306 e. The first-order valence-corrected chi connectivity index (χ1v) is 25.3. The van der Waals surface area contributed by atoms with Gasteiger partial charge in [0, 0.05) is 19.3 Å². The molecule has 60 heavy (non-hydrogen) atoms. The Labute approximate surface area is 370 Å². The fourth-order valence-electron chi connectivity index (χ4n) is 6.96. The van der Waals surface area contributed by atoms with Gasteiger partial charge in [0.05, 0.1) is 0 Å². The highest BCUT2D eigenvalue weighted by atomic mass is 16.6. The van der Waals surface area contributed by atoms with Crippen LogP contribution in [0.5, 0.6) is 0 Å². The van der Waals surface area contributed by atoms with E-state index < -0.39 is 6.10 Å². The highest BCUT2D eigenvalue weighted by molar-refractivity contribution is 5.71. The van der Waals surface area contributed by atoms with E-state index >= 15 is 0 Å². The van der Waals surface area contributed by atoms with Crippen molar-refractivity contribution in [1.29, 1.82) is 0 Å². The Morgan fingerprint density at radius 3 is 1.08 bits per heavy atom. The minimum Gasteiger partial charge on any atom is -0.462 e. The molecular weight excluding hydrogens is 745 g/mol. The van der Waals surface area contributed by atoms with Crippen molar-refractivity contribution in [3.63, 3.8) is 0 Å². The third-order valence-corrected chi connectivity index (χ3v) is 10.8. The van der Waals surface area contributed by atoms with Crippen LogP contribution in [-0.2, 0) is 28.6 Å². The Morgan fingerprint density at radius 1 is 0.350 bits per heavy atom. The van der Waals surface area contributed by atoms with E-state index in [9.17, 15) is 14.4 Å². The number of ether oxygens (including phenoxy) is 3. The van der Waals surface area contributed by atoms with E-state index in [0.29, 0.717) is 19.3 Å². The van der Waals surface area contributed by atoms with E-state index in [1.54, 1.807) is 0 Å². The minimum absolute atomic E-state index is 0.0890. The molecule has 1 unspecified atom stereocenters. The molecule has 0 aliphatic carbocycles. The second-order valence-electron chi connectivity index (χ2n) is 16.7. The third kappa shape index (κ3) is 46.2. The van der Waals surface area contributed by atoms with Crippen LogP contribution < -0.4 is 0 Å². The summed E-state index contributed by atoms with van der Waals surface area (Å²) < 4.78 is 16.7. The van der Waals surface area contributed by atoms with Crippen LogP contribution in [0.25, 0.3) is 0 Å². The topological polar surface area (TPSA) is 78.9 Å². The van der Waals surface area contributed by atoms with Gasteiger partial charge in [-0.05, 0) is 89.9 Å². The predicted molar refractivity (Wildman–Crippen MR) is 256 cm³/mol. The maximum absolute atomic E-state index is 12.8. The van der Waals surface area contributed by atoms with Gasteiger partial charge in [-0.15, -0.1) is 0 Å². The Balaban J connectivity index is 4.43. The molecular formula is C54H94O6. The van der Waals surface area contributed by atoms with Crippen molar-refractivity contribution in [2.24, 2.45) is 0 Å². The van der Waals surface area contributed by atoms with Gasteiger partial charge in [-0.3, -0.25) is 14.4 Å². The zero-order chi connectivity index (χ0) is 43.7. The average molecular weight is 839 g/mol. The maximum atomic E-state index is 12.8. The SMILES string of the molecule is CC\C=C/C=C\C=C/CCCCCCCC(=O)OCC(COC(=O)CCCCCCCCC/C=C\CCCCCC)OC(=O)CCCCC/C=C\CCCCCCCCC. The summed E-state index contributed by atoms with van der Waals surface area (Å²) in [6.07, 6.45) is 59.1. The summed E-state index contributed by atoms with van der Waals surface area (Å²) in [7, 11) is 0. The van der Waals surface area contributed by atoms with Crippen molar-refractivity contribution < 1.29 is 28.6 Å². The van der Waals surface area contributed by atoms with Crippen LogP contribution >= 0.6 is 0 Å². The van der Waals surface area contributed by atoms with Crippen LogP contribution in [0.2, 0.25) is 0 Å². The molecule has 0 saturated heterocycles. The molecule has 0 N–H and O–H groups in total. The summed E-state index contributed by atoms with van der Waals surface area (Å²) in [5, 5.41) is 0. The van der Waals surface area contributed by atoms with Crippen molar-refractivity contribution in [3.05, 3.63) is 60.8 Å². The Kier molecular flexibility index (Phi) is 46.4. The molecule has 0 aliphatic rings. The van der Waals surface area contributed by atoms with E-state index in [0.717, 1.165) is 96.3 Å². The number of hydrogen-bond donors (Lipinski definition) is 0. The Hall–Kier alpha value is -2.89. The lowest BCUT2D eigenvalue weighted by Crippen LogP contribution is -2.30. The summed E-state index contributed by atoms with van der Waals surface area (Å²) in [4.78, 5) is 37.9. The molecule has 0 saturated carbocycles. The number of hydrogen-bond acceptors (Lipinski definition) is 6. The van der Waals surface area contributed by atoms with Crippen LogP contribution in [0.1, 0.15) is 245 Å². The highest BCUT2D eigenvalue weighted by Gasteiger charge is 2.19. The van der Waals surface area contributed by atoms with Gasteiger partial charge in [0.2, 0.25) is 0 Å². The molecule has 1 atom stereocenters. The van der Waals surface area contributed by atoms with Crippen LogP contribution in [-0.4, -0.2) is 37.2 Å². The number of rotatable bonds is 45. The largest absolute Gasteiger partial charge is 0.462 e. The van der Waals surface area contributed by atoms with E-state index in [-0.39, 0.29) is 31.1 Å². The second kappa shape index (κ2) is 48.8. The minimum atomic E-state index is -0.790. The standard InChI is InChI=1S/C54H94O6/c1-4-7-10-13-16-19-22-25-27-30-32-35-38-41-44-47-53(56)59-50-51(49-58-52(55)46-43-40-37-34-31-28-24-21-18-15-12-9-6-3)60-54(57)48-45-42-39-36-33-29-26-23-20-17-14-11-8-5-2/h9,12,15,18-19,21-22,24,29,33,51H,4-8,10-11,13-14,16-17,20,23,25-28,30-32,34-50H2,1-3H3/b12-9-,18-15-,22-19-,24-21-,33-29-. The van der Waals surface area contributed by atoms with Crippen LogP contribution in [0.3, 0.4) is 0 Å². The van der Waals surface area contributed by atoms with Crippen molar-refractivity contribution in [2.75, 3.05) is 13.2 Å². The predicted octanol–water partition coefficient (Wildman–Crippen LogP) is 16.5. The number of carbonyl (C=O) groups excluding carboxylic acids is 3. The second-order valence-corrected chi connectivity index (χ2v) is 16.7. The van der Waals surface area contributed by atoms with E-state index in [2.05, 4.69) is 81.5 Å². The Morgan fingerprint density at radius 2 is 0.667 bits per heavy atom. The fraction of sp³-hybridized carbons (Fsp3) is 0.759. The molecule has 0 radical (unpaired) electrons. The lowest BCUT2D eigenvalue weighted by atomic mass is 10.1. The smallest absolute Gasteiger partial charge is 0.306 e.